The third-order valence-electron chi connectivity index (χ3n) is 7.28. The number of hydrogen-bond acceptors (Lipinski definition) is 4. The van der Waals surface area contributed by atoms with Gasteiger partial charge in [-0.2, -0.15) is 0 Å². The molecule has 0 spiro atoms. The number of nitrogens with zero attached hydrogens (tertiary/aromatic N) is 3. The maximum absolute atomic E-state index is 14.1. The number of para-hydroxylation sites is 1. The molecule has 1 aliphatic heterocycles. The van der Waals surface area contributed by atoms with Crippen molar-refractivity contribution in [1.29, 1.82) is 0 Å². The Labute approximate surface area is 215 Å². The van der Waals surface area contributed by atoms with Crippen LogP contribution in [-0.4, -0.2) is 40.7 Å². The van der Waals surface area contributed by atoms with Crippen molar-refractivity contribution in [2.24, 2.45) is 5.92 Å². The highest BCUT2D eigenvalue weighted by atomic mass is 19.2. The van der Waals surface area contributed by atoms with Crippen LogP contribution in [0.25, 0.3) is 33.4 Å². The van der Waals surface area contributed by atoms with Gasteiger partial charge in [0.15, 0.2) is 11.6 Å². The van der Waals surface area contributed by atoms with Gasteiger partial charge in [0.25, 0.3) is 5.56 Å². The number of benzene rings is 3. The molecule has 1 aromatic heterocycles. The van der Waals surface area contributed by atoms with Crippen LogP contribution in [0, 0.1) is 17.6 Å². The monoisotopic (exact) mass is 503 g/mol. The van der Waals surface area contributed by atoms with E-state index in [1.807, 2.05) is 24.3 Å². The average molecular weight is 504 g/mol. The first-order valence-corrected chi connectivity index (χ1v) is 12.7. The topological polar surface area (TPSA) is 47.4 Å². The zero-order valence-electron chi connectivity index (χ0n) is 21.4. The van der Waals surface area contributed by atoms with Crippen LogP contribution in [0.5, 0.6) is 5.75 Å². The summed E-state index contributed by atoms with van der Waals surface area (Å²) in [5.41, 5.74) is 2.27. The minimum atomic E-state index is -0.924. The van der Waals surface area contributed by atoms with E-state index in [0.717, 1.165) is 43.6 Å². The number of rotatable bonds is 6. The molecule has 192 valence electrons. The third-order valence-corrected chi connectivity index (χ3v) is 7.28. The van der Waals surface area contributed by atoms with Crippen LogP contribution >= 0.6 is 0 Å². The lowest BCUT2D eigenvalue weighted by Gasteiger charge is -2.36. The largest absolute Gasteiger partial charge is 0.496 e. The second-order valence-electron chi connectivity index (χ2n) is 10.0. The van der Waals surface area contributed by atoms with Gasteiger partial charge in [-0.15, -0.1) is 0 Å². The van der Waals surface area contributed by atoms with Crippen molar-refractivity contribution in [2.45, 2.75) is 39.3 Å². The molecule has 0 aliphatic carbocycles. The van der Waals surface area contributed by atoms with Gasteiger partial charge in [0, 0.05) is 19.1 Å². The summed E-state index contributed by atoms with van der Waals surface area (Å²) in [6, 6.07) is 17.0. The van der Waals surface area contributed by atoms with Gasteiger partial charge in [-0.1, -0.05) is 24.3 Å². The zero-order chi connectivity index (χ0) is 26.1. The van der Waals surface area contributed by atoms with Crippen molar-refractivity contribution in [1.82, 2.24) is 14.5 Å². The van der Waals surface area contributed by atoms with Gasteiger partial charge in [0.2, 0.25) is 0 Å². The molecule has 1 aliphatic rings. The van der Waals surface area contributed by atoms with Crippen LogP contribution in [0.3, 0.4) is 0 Å². The fraction of sp³-hybridized carbons (Fsp3) is 0.333. The quantitative estimate of drug-likeness (QED) is 0.317. The Balaban J connectivity index is 1.66. The number of hydrogen-bond donors (Lipinski definition) is 0. The summed E-state index contributed by atoms with van der Waals surface area (Å²) in [5.74, 6) is -0.314. The fourth-order valence-corrected chi connectivity index (χ4v) is 5.25. The van der Waals surface area contributed by atoms with Crippen LogP contribution in [0.4, 0.5) is 8.78 Å². The van der Waals surface area contributed by atoms with Gasteiger partial charge in [-0.05, 0) is 86.7 Å². The highest BCUT2D eigenvalue weighted by Gasteiger charge is 2.25. The lowest BCUT2D eigenvalue weighted by Crippen LogP contribution is -2.42. The van der Waals surface area contributed by atoms with Gasteiger partial charge in [0.1, 0.15) is 11.6 Å². The van der Waals surface area contributed by atoms with Crippen LogP contribution in [-0.2, 0) is 6.54 Å². The predicted octanol–water partition coefficient (Wildman–Crippen LogP) is 6.14. The van der Waals surface area contributed by atoms with E-state index in [9.17, 15) is 13.6 Å². The number of likely N-dealkylation sites (tertiary alicyclic amines) is 1. The SMILES string of the molecule is COc1ccccc1-c1nc2ccc(-c3ccc(F)c(F)c3)cc2c(=O)n1CC1CCCN(C(C)C)C1. The molecule has 0 N–H and O–H groups in total. The Kier molecular flexibility index (Phi) is 7.07. The van der Waals surface area contributed by atoms with Crippen molar-refractivity contribution in [3.05, 3.63) is 82.7 Å². The molecule has 5 rings (SSSR count). The van der Waals surface area contributed by atoms with E-state index in [1.165, 1.54) is 6.07 Å². The Hall–Kier alpha value is -3.58. The summed E-state index contributed by atoms with van der Waals surface area (Å²) in [6.45, 7) is 6.92. The summed E-state index contributed by atoms with van der Waals surface area (Å²) in [7, 11) is 1.61. The summed E-state index contributed by atoms with van der Waals surface area (Å²) < 4.78 is 34.8. The Bertz CT molecular complexity index is 1500. The fourth-order valence-electron chi connectivity index (χ4n) is 5.25. The summed E-state index contributed by atoms with van der Waals surface area (Å²) in [5, 5.41) is 0.442. The Morgan fingerprint density at radius 3 is 2.54 bits per heavy atom. The van der Waals surface area contributed by atoms with Crippen LogP contribution in [0.15, 0.2) is 65.5 Å². The number of halogens is 2. The van der Waals surface area contributed by atoms with Gasteiger partial charge in [0.05, 0.1) is 23.6 Å². The second-order valence-corrected chi connectivity index (χ2v) is 10.0. The molecule has 0 saturated carbocycles. The molecule has 1 unspecified atom stereocenters. The molecule has 0 amide bonds. The summed E-state index contributed by atoms with van der Waals surface area (Å²) in [6.07, 6.45) is 2.12. The number of ether oxygens (including phenoxy) is 1. The van der Waals surface area contributed by atoms with E-state index in [2.05, 4.69) is 18.7 Å². The highest BCUT2D eigenvalue weighted by molar-refractivity contribution is 5.85. The molecule has 1 fully saturated rings. The Morgan fingerprint density at radius 1 is 1.03 bits per heavy atom. The number of aromatic nitrogens is 2. The third kappa shape index (κ3) is 5.01. The van der Waals surface area contributed by atoms with E-state index in [1.54, 1.807) is 29.9 Å². The van der Waals surface area contributed by atoms with Gasteiger partial charge < -0.3 is 9.64 Å². The molecule has 37 heavy (non-hydrogen) atoms. The van der Waals surface area contributed by atoms with Crippen molar-refractivity contribution in [3.63, 3.8) is 0 Å². The first-order chi connectivity index (χ1) is 17.9. The van der Waals surface area contributed by atoms with Crippen molar-refractivity contribution in [2.75, 3.05) is 20.2 Å². The second kappa shape index (κ2) is 10.4. The maximum Gasteiger partial charge on any atom is 0.261 e. The van der Waals surface area contributed by atoms with Gasteiger partial charge >= 0.3 is 0 Å². The van der Waals surface area contributed by atoms with Gasteiger partial charge in [-0.3, -0.25) is 9.36 Å². The van der Waals surface area contributed by atoms with E-state index in [-0.39, 0.29) is 5.56 Å². The normalized spacial score (nSPS) is 16.4. The van der Waals surface area contributed by atoms with E-state index in [0.29, 0.717) is 52.1 Å². The smallest absolute Gasteiger partial charge is 0.261 e. The first-order valence-electron chi connectivity index (χ1n) is 12.7. The van der Waals surface area contributed by atoms with Crippen molar-refractivity contribution in [3.8, 4) is 28.3 Å². The molecule has 2 heterocycles. The van der Waals surface area contributed by atoms with Crippen LogP contribution in [0.1, 0.15) is 26.7 Å². The molecule has 3 aromatic carbocycles. The molecule has 7 heteroatoms. The summed E-state index contributed by atoms with van der Waals surface area (Å²) in [4.78, 5) is 21.4. The van der Waals surface area contributed by atoms with Crippen LogP contribution < -0.4 is 10.3 Å². The predicted molar refractivity (Wildman–Crippen MR) is 143 cm³/mol. The van der Waals surface area contributed by atoms with Crippen molar-refractivity contribution >= 4 is 10.9 Å². The molecule has 1 saturated heterocycles. The lowest BCUT2D eigenvalue weighted by atomic mass is 9.96. The lowest BCUT2D eigenvalue weighted by molar-refractivity contribution is 0.130. The van der Waals surface area contributed by atoms with E-state index in [4.69, 9.17) is 9.72 Å². The molecule has 1 atom stereocenters. The highest BCUT2D eigenvalue weighted by Crippen LogP contribution is 2.31. The molecular formula is C30H31F2N3O2. The van der Waals surface area contributed by atoms with E-state index < -0.39 is 11.6 Å². The number of piperidine rings is 1. The molecule has 4 aromatic rings. The summed E-state index contributed by atoms with van der Waals surface area (Å²) >= 11 is 0. The molecule has 0 bridgehead atoms. The average Bonchev–Trinajstić information content (AvgIpc) is 2.91. The van der Waals surface area contributed by atoms with E-state index >= 15 is 0 Å². The Morgan fingerprint density at radius 2 is 1.78 bits per heavy atom. The minimum absolute atomic E-state index is 0.156. The first kappa shape index (κ1) is 25.1. The van der Waals surface area contributed by atoms with Crippen molar-refractivity contribution < 1.29 is 13.5 Å². The van der Waals surface area contributed by atoms with Crippen LogP contribution in [0.2, 0.25) is 0 Å². The molecular weight excluding hydrogens is 472 g/mol. The minimum Gasteiger partial charge on any atom is -0.496 e. The number of methoxy groups -OCH3 is 1. The standard InChI is InChI=1S/C30H31F2N3O2/c1-19(2)34-14-6-7-20(17-34)18-35-29(23-8-4-5-9-28(23)37-3)33-27-13-11-21(15-24(27)30(35)36)22-10-12-25(31)26(32)16-22/h4-5,8-13,15-16,19-20H,6-7,14,17-18H2,1-3H3. The maximum atomic E-state index is 14.1. The molecule has 0 radical (unpaired) electrons. The zero-order valence-corrected chi connectivity index (χ0v) is 21.4. The molecule has 5 nitrogen and oxygen atoms in total. The number of fused-ring (bicyclic) bond motifs is 1. The van der Waals surface area contributed by atoms with Gasteiger partial charge in [-0.25, -0.2) is 13.8 Å².